The van der Waals surface area contributed by atoms with Crippen molar-refractivity contribution in [3.63, 3.8) is 0 Å². The van der Waals surface area contributed by atoms with Gasteiger partial charge in [-0.2, -0.15) is 0 Å². The van der Waals surface area contributed by atoms with Crippen LogP contribution < -0.4 is 23.8 Å². The second-order valence-corrected chi connectivity index (χ2v) is 13.9. The van der Waals surface area contributed by atoms with Gasteiger partial charge in [0, 0.05) is 30.1 Å². The third-order valence-corrected chi connectivity index (χ3v) is 10.2. The number of hydrogen-bond acceptors (Lipinski definition) is 7. The molecule has 0 fully saturated rings. The van der Waals surface area contributed by atoms with Crippen LogP contribution in [0.2, 0.25) is 5.02 Å². The number of anilines is 1. The molecule has 0 unspecified atom stereocenters. The molecule has 4 aromatic carbocycles. The predicted octanol–water partition coefficient (Wildman–Crippen LogP) is 6.51. The maximum Gasteiger partial charge on any atom is 0.264 e. The molecule has 0 aliphatic heterocycles. The smallest absolute Gasteiger partial charge is 0.264 e. The monoisotopic (exact) mass is 721 g/mol. The van der Waals surface area contributed by atoms with Crippen LogP contribution >= 0.6 is 11.6 Å². The Balaban J connectivity index is 1.83. The highest BCUT2D eigenvalue weighted by Gasteiger charge is 2.35. The van der Waals surface area contributed by atoms with Crippen LogP contribution in [0.15, 0.2) is 102 Å². The number of nitrogens with zero attached hydrogens (tertiary/aromatic N) is 2. The standard InChI is InChI=1S/C38H44ClN3O7S/c1-6-27(3)40-38(44)34(23-28-11-9-8-10-12-28)41(25-29-13-15-30(39)16-14-29)37(43)26-42(31-17-19-32(20-18-31)49-7-2)50(45,46)33-21-22-35(47-4)36(24-33)48-5/h8-22,24,27,34H,6-7,23,25-26H2,1-5H3,(H,40,44)/t27-,34-/m0/s1. The summed E-state index contributed by atoms with van der Waals surface area (Å²) in [7, 11) is -1.52. The van der Waals surface area contributed by atoms with Gasteiger partial charge in [-0.25, -0.2) is 8.42 Å². The number of methoxy groups -OCH3 is 2. The summed E-state index contributed by atoms with van der Waals surface area (Å²) in [5, 5.41) is 3.56. The Morgan fingerprint density at radius 1 is 0.840 bits per heavy atom. The van der Waals surface area contributed by atoms with Gasteiger partial charge in [-0.3, -0.25) is 13.9 Å². The van der Waals surface area contributed by atoms with Crippen molar-refractivity contribution in [3.05, 3.63) is 113 Å². The van der Waals surface area contributed by atoms with Gasteiger partial charge in [0.25, 0.3) is 10.0 Å². The van der Waals surface area contributed by atoms with Crippen LogP contribution in [0.4, 0.5) is 5.69 Å². The lowest BCUT2D eigenvalue weighted by atomic mass is 10.0. The third-order valence-electron chi connectivity index (χ3n) is 8.20. The fourth-order valence-electron chi connectivity index (χ4n) is 5.29. The third kappa shape index (κ3) is 9.70. The summed E-state index contributed by atoms with van der Waals surface area (Å²) in [6, 6.07) is 25.9. The molecule has 0 saturated heterocycles. The van der Waals surface area contributed by atoms with Gasteiger partial charge < -0.3 is 24.4 Å². The Kier molecular flexibility index (Phi) is 13.5. The van der Waals surface area contributed by atoms with Gasteiger partial charge in [0.1, 0.15) is 18.3 Å². The first kappa shape index (κ1) is 38.1. The Morgan fingerprint density at radius 2 is 1.50 bits per heavy atom. The van der Waals surface area contributed by atoms with Crippen LogP contribution in [-0.4, -0.2) is 64.6 Å². The maximum absolute atomic E-state index is 14.7. The summed E-state index contributed by atoms with van der Waals surface area (Å²) >= 11 is 6.18. The molecule has 0 radical (unpaired) electrons. The lowest BCUT2D eigenvalue weighted by Gasteiger charge is -2.34. The minimum absolute atomic E-state index is 0.0228. The number of sulfonamides is 1. The highest BCUT2D eigenvalue weighted by molar-refractivity contribution is 7.92. The number of rotatable bonds is 17. The number of nitrogens with one attached hydrogen (secondary N) is 1. The molecule has 0 spiro atoms. The molecule has 0 aromatic heterocycles. The number of benzene rings is 4. The summed E-state index contributed by atoms with van der Waals surface area (Å²) < 4.78 is 46.3. The summed E-state index contributed by atoms with van der Waals surface area (Å²) in [5.74, 6) is 0.167. The molecule has 4 aromatic rings. The summed E-state index contributed by atoms with van der Waals surface area (Å²) in [5.41, 5.74) is 1.78. The van der Waals surface area contributed by atoms with Crippen molar-refractivity contribution < 1.29 is 32.2 Å². The molecule has 2 atom stereocenters. The quantitative estimate of drug-likeness (QED) is 0.132. The van der Waals surface area contributed by atoms with Gasteiger partial charge in [-0.05, 0) is 79.9 Å². The van der Waals surface area contributed by atoms with E-state index in [2.05, 4.69) is 5.32 Å². The average Bonchev–Trinajstić information content (AvgIpc) is 3.13. The molecule has 266 valence electrons. The Bertz CT molecular complexity index is 1820. The van der Waals surface area contributed by atoms with Crippen molar-refractivity contribution in [3.8, 4) is 17.2 Å². The fourth-order valence-corrected chi connectivity index (χ4v) is 6.85. The second-order valence-electron chi connectivity index (χ2n) is 11.6. The maximum atomic E-state index is 14.7. The van der Waals surface area contributed by atoms with E-state index in [0.29, 0.717) is 35.1 Å². The number of ether oxygens (including phenoxy) is 3. The molecule has 0 heterocycles. The van der Waals surface area contributed by atoms with Gasteiger partial charge in [0.15, 0.2) is 11.5 Å². The number of hydrogen-bond donors (Lipinski definition) is 1. The van der Waals surface area contributed by atoms with Crippen molar-refractivity contribution in [1.29, 1.82) is 0 Å². The van der Waals surface area contributed by atoms with Crippen molar-refractivity contribution in [2.24, 2.45) is 0 Å². The molecule has 0 aliphatic rings. The van der Waals surface area contributed by atoms with Crippen LogP contribution in [0.5, 0.6) is 17.2 Å². The SMILES string of the molecule is CCOc1ccc(N(CC(=O)N(Cc2ccc(Cl)cc2)[C@@H](Cc2ccccc2)C(=O)N[C@@H](C)CC)S(=O)(=O)c2ccc(OC)c(OC)c2)cc1. The van der Waals surface area contributed by atoms with Gasteiger partial charge in [-0.1, -0.05) is 61.0 Å². The van der Waals surface area contributed by atoms with Crippen LogP contribution in [0.25, 0.3) is 0 Å². The molecule has 50 heavy (non-hydrogen) atoms. The van der Waals surface area contributed by atoms with Crippen LogP contribution in [-0.2, 0) is 32.6 Å². The number of halogens is 1. The Hall–Kier alpha value is -4.74. The van der Waals surface area contributed by atoms with E-state index in [0.717, 1.165) is 9.87 Å². The topological polar surface area (TPSA) is 114 Å². The number of carbonyl (C=O) groups is 2. The van der Waals surface area contributed by atoms with Crippen LogP contribution in [0.1, 0.15) is 38.3 Å². The van der Waals surface area contributed by atoms with Crippen molar-refractivity contribution in [2.45, 2.75) is 57.1 Å². The van der Waals surface area contributed by atoms with E-state index in [1.165, 1.54) is 37.3 Å². The van der Waals surface area contributed by atoms with Gasteiger partial charge in [0.05, 0.1) is 31.4 Å². The fraction of sp³-hybridized carbons (Fsp3) is 0.316. The summed E-state index contributed by atoms with van der Waals surface area (Å²) in [6.45, 7) is 5.54. The predicted molar refractivity (Wildman–Crippen MR) is 196 cm³/mol. The zero-order valence-corrected chi connectivity index (χ0v) is 30.5. The molecule has 1 N–H and O–H groups in total. The van der Waals surface area contributed by atoms with E-state index in [1.807, 2.05) is 51.1 Å². The molecule has 12 heteroatoms. The molecule has 4 rings (SSSR count). The summed E-state index contributed by atoms with van der Waals surface area (Å²) in [6.07, 6.45) is 0.887. The zero-order valence-electron chi connectivity index (χ0n) is 29.0. The molecular weight excluding hydrogens is 678 g/mol. The lowest BCUT2D eigenvalue weighted by Crippen LogP contribution is -2.54. The summed E-state index contributed by atoms with van der Waals surface area (Å²) in [4.78, 5) is 30.0. The highest BCUT2D eigenvalue weighted by atomic mass is 35.5. The van der Waals surface area contributed by atoms with Crippen molar-refractivity contribution in [2.75, 3.05) is 31.7 Å². The van der Waals surface area contributed by atoms with E-state index in [4.69, 9.17) is 25.8 Å². The van der Waals surface area contributed by atoms with E-state index in [1.54, 1.807) is 48.5 Å². The first-order valence-corrected chi connectivity index (χ1v) is 18.2. The zero-order chi connectivity index (χ0) is 36.3. The minimum Gasteiger partial charge on any atom is -0.494 e. The van der Waals surface area contributed by atoms with Crippen molar-refractivity contribution >= 4 is 39.1 Å². The molecule has 0 saturated carbocycles. The molecular formula is C38H44ClN3O7S. The first-order valence-electron chi connectivity index (χ1n) is 16.4. The van der Waals surface area contributed by atoms with E-state index in [9.17, 15) is 18.0 Å². The second kappa shape index (κ2) is 17.8. The molecule has 10 nitrogen and oxygen atoms in total. The minimum atomic E-state index is -4.38. The van der Waals surface area contributed by atoms with Crippen LogP contribution in [0.3, 0.4) is 0 Å². The largest absolute Gasteiger partial charge is 0.494 e. The van der Waals surface area contributed by atoms with E-state index in [-0.39, 0.29) is 41.2 Å². The lowest BCUT2D eigenvalue weighted by molar-refractivity contribution is -0.140. The molecule has 0 aliphatic carbocycles. The van der Waals surface area contributed by atoms with Gasteiger partial charge in [-0.15, -0.1) is 0 Å². The van der Waals surface area contributed by atoms with E-state index < -0.39 is 28.5 Å². The Labute approximate surface area is 300 Å². The molecule has 2 amide bonds. The normalized spacial score (nSPS) is 12.4. The van der Waals surface area contributed by atoms with Crippen molar-refractivity contribution in [1.82, 2.24) is 10.2 Å². The van der Waals surface area contributed by atoms with E-state index >= 15 is 0 Å². The molecule has 0 bridgehead atoms. The first-order chi connectivity index (χ1) is 24.0. The Morgan fingerprint density at radius 3 is 2.10 bits per heavy atom. The van der Waals surface area contributed by atoms with Gasteiger partial charge in [0.2, 0.25) is 11.8 Å². The number of amides is 2. The van der Waals surface area contributed by atoms with Crippen LogP contribution in [0, 0.1) is 0 Å². The number of carbonyl (C=O) groups excluding carboxylic acids is 2. The van der Waals surface area contributed by atoms with Gasteiger partial charge >= 0.3 is 0 Å². The average molecular weight is 722 g/mol. The highest BCUT2D eigenvalue weighted by Crippen LogP contribution is 2.33.